The Morgan fingerprint density at radius 3 is 2.42 bits per heavy atom. The van der Waals surface area contributed by atoms with Gasteiger partial charge >= 0.3 is 0 Å². The van der Waals surface area contributed by atoms with E-state index in [0.717, 1.165) is 30.9 Å². The van der Waals surface area contributed by atoms with E-state index in [4.69, 9.17) is 4.74 Å². The third-order valence-electron chi connectivity index (χ3n) is 4.73. The van der Waals surface area contributed by atoms with Gasteiger partial charge in [-0.1, -0.05) is 18.2 Å². The van der Waals surface area contributed by atoms with Gasteiger partial charge in [-0.15, -0.1) is 0 Å². The number of rotatable bonds is 5. The van der Waals surface area contributed by atoms with Crippen molar-refractivity contribution in [3.05, 3.63) is 65.0 Å². The van der Waals surface area contributed by atoms with Crippen molar-refractivity contribution in [3.63, 3.8) is 0 Å². The molecule has 0 aliphatic carbocycles. The van der Waals surface area contributed by atoms with Crippen LogP contribution in [0.1, 0.15) is 28.4 Å². The number of amides is 1. The molecule has 138 valence electrons. The van der Waals surface area contributed by atoms with Gasteiger partial charge in [-0.2, -0.15) is 0 Å². The molecule has 1 amide bonds. The van der Waals surface area contributed by atoms with Crippen molar-refractivity contribution in [2.45, 2.75) is 20.4 Å². The van der Waals surface area contributed by atoms with Crippen molar-refractivity contribution in [3.8, 4) is 5.75 Å². The number of hydrogen-bond donors (Lipinski definition) is 0. The Balaban J connectivity index is 1.55. The highest BCUT2D eigenvalue weighted by atomic mass is 19.1. The molecule has 0 aromatic heterocycles. The molecule has 1 fully saturated rings. The molecule has 3 rings (SSSR count). The third kappa shape index (κ3) is 4.41. The van der Waals surface area contributed by atoms with Gasteiger partial charge in [0, 0.05) is 38.3 Å². The number of carbonyl (C=O) groups excluding carboxylic acids is 1. The molecule has 1 heterocycles. The smallest absolute Gasteiger partial charge is 0.254 e. The van der Waals surface area contributed by atoms with Crippen molar-refractivity contribution in [1.82, 2.24) is 9.80 Å². The van der Waals surface area contributed by atoms with Crippen molar-refractivity contribution in [1.29, 1.82) is 0 Å². The summed E-state index contributed by atoms with van der Waals surface area (Å²) in [5.74, 6) is 0.438. The number of nitrogens with zero attached hydrogens (tertiary/aromatic N) is 2. The predicted octanol–water partition coefficient (Wildman–Crippen LogP) is 3.49. The Hall–Kier alpha value is -2.40. The molecule has 0 unspecified atom stereocenters. The van der Waals surface area contributed by atoms with E-state index >= 15 is 0 Å². The molecule has 1 aliphatic heterocycles. The third-order valence-corrected chi connectivity index (χ3v) is 4.73. The second-order valence-electron chi connectivity index (χ2n) is 6.60. The minimum atomic E-state index is -0.368. The summed E-state index contributed by atoms with van der Waals surface area (Å²) in [4.78, 5) is 16.8. The number of piperazine rings is 1. The molecule has 1 aliphatic rings. The lowest BCUT2D eigenvalue weighted by atomic mass is 10.1. The summed E-state index contributed by atoms with van der Waals surface area (Å²) in [6.07, 6.45) is 0. The largest absolute Gasteiger partial charge is 0.494 e. The minimum absolute atomic E-state index is 0.0808. The topological polar surface area (TPSA) is 32.8 Å². The molecular formula is C21H25FN2O2. The summed E-state index contributed by atoms with van der Waals surface area (Å²) in [7, 11) is 0. The first kappa shape index (κ1) is 18.4. The zero-order chi connectivity index (χ0) is 18.5. The van der Waals surface area contributed by atoms with E-state index in [0.29, 0.717) is 25.3 Å². The molecule has 0 atom stereocenters. The highest BCUT2D eigenvalue weighted by molar-refractivity contribution is 5.95. The van der Waals surface area contributed by atoms with Gasteiger partial charge in [0.05, 0.1) is 6.61 Å². The number of hydrogen-bond acceptors (Lipinski definition) is 3. The molecule has 0 radical (unpaired) electrons. The zero-order valence-corrected chi connectivity index (χ0v) is 15.4. The molecule has 2 aromatic carbocycles. The van der Waals surface area contributed by atoms with E-state index in [2.05, 4.69) is 17.0 Å². The minimum Gasteiger partial charge on any atom is -0.494 e. The van der Waals surface area contributed by atoms with Gasteiger partial charge in [-0.25, -0.2) is 4.39 Å². The molecule has 1 saturated heterocycles. The second-order valence-corrected chi connectivity index (χ2v) is 6.60. The zero-order valence-electron chi connectivity index (χ0n) is 15.4. The molecule has 26 heavy (non-hydrogen) atoms. The highest BCUT2D eigenvalue weighted by Crippen LogP contribution is 2.17. The lowest BCUT2D eigenvalue weighted by Gasteiger charge is -2.35. The van der Waals surface area contributed by atoms with Crippen LogP contribution in [0.5, 0.6) is 5.75 Å². The number of carbonyl (C=O) groups is 1. The predicted molar refractivity (Wildman–Crippen MR) is 99.9 cm³/mol. The van der Waals surface area contributed by atoms with E-state index < -0.39 is 0 Å². The van der Waals surface area contributed by atoms with Crippen LogP contribution in [0.4, 0.5) is 4.39 Å². The molecule has 0 bridgehead atoms. The van der Waals surface area contributed by atoms with E-state index in [1.807, 2.05) is 30.9 Å². The molecular weight excluding hydrogens is 331 g/mol. The Labute approximate surface area is 154 Å². The number of benzene rings is 2. The number of aryl methyl sites for hydroxylation is 1. The fourth-order valence-electron chi connectivity index (χ4n) is 3.22. The van der Waals surface area contributed by atoms with Crippen LogP contribution in [0.25, 0.3) is 0 Å². The second kappa shape index (κ2) is 8.32. The highest BCUT2D eigenvalue weighted by Gasteiger charge is 2.23. The fraction of sp³-hybridized carbons (Fsp3) is 0.381. The van der Waals surface area contributed by atoms with Gasteiger partial charge in [0.15, 0.2) is 0 Å². The molecule has 0 saturated carbocycles. The quantitative estimate of drug-likeness (QED) is 0.822. The maximum atomic E-state index is 13.5. The van der Waals surface area contributed by atoms with Crippen molar-refractivity contribution < 1.29 is 13.9 Å². The lowest BCUT2D eigenvalue weighted by molar-refractivity contribution is 0.0627. The van der Waals surface area contributed by atoms with E-state index in [1.54, 1.807) is 6.07 Å². The summed E-state index contributed by atoms with van der Waals surface area (Å²) >= 11 is 0. The van der Waals surface area contributed by atoms with Gasteiger partial charge < -0.3 is 9.64 Å². The Kier molecular flexibility index (Phi) is 5.89. The molecule has 0 N–H and O–H groups in total. The Bertz CT molecular complexity index is 753. The van der Waals surface area contributed by atoms with Gasteiger partial charge in [0.25, 0.3) is 5.91 Å². The van der Waals surface area contributed by atoms with Crippen LogP contribution in [-0.2, 0) is 6.54 Å². The summed E-state index contributed by atoms with van der Waals surface area (Å²) in [6, 6.07) is 12.5. The van der Waals surface area contributed by atoms with Crippen LogP contribution >= 0.6 is 0 Å². The number of ether oxygens (including phenoxy) is 1. The molecule has 2 aromatic rings. The fourth-order valence-corrected chi connectivity index (χ4v) is 3.22. The Morgan fingerprint density at radius 1 is 1.08 bits per heavy atom. The van der Waals surface area contributed by atoms with Crippen LogP contribution in [0.15, 0.2) is 42.5 Å². The normalized spacial score (nSPS) is 15.1. The van der Waals surface area contributed by atoms with Gasteiger partial charge in [-0.05, 0) is 49.2 Å². The Morgan fingerprint density at radius 2 is 1.77 bits per heavy atom. The standard InChI is InChI=1S/C21H25FN2O2/c1-3-26-19-8-5-17(6-9-19)15-23-10-12-24(13-11-23)21(25)20-14-18(22)7-4-16(20)2/h4-9,14H,3,10-13,15H2,1-2H3. The van der Waals surface area contributed by atoms with Crippen LogP contribution < -0.4 is 4.74 Å². The van der Waals surface area contributed by atoms with Gasteiger partial charge in [0.1, 0.15) is 11.6 Å². The molecule has 5 heteroatoms. The average Bonchev–Trinajstić information content (AvgIpc) is 2.66. The first-order valence-corrected chi connectivity index (χ1v) is 9.06. The number of halogens is 1. The first-order valence-electron chi connectivity index (χ1n) is 9.06. The van der Waals surface area contributed by atoms with Crippen molar-refractivity contribution >= 4 is 5.91 Å². The van der Waals surface area contributed by atoms with Crippen LogP contribution in [-0.4, -0.2) is 48.5 Å². The van der Waals surface area contributed by atoms with Gasteiger partial charge in [-0.3, -0.25) is 9.69 Å². The maximum Gasteiger partial charge on any atom is 0.254 e. The van der Waals surface area contributed by atoms with Gasteiger partial charge in [0.2, 0.25) is 0 Å². The molecule has 0 spiro atoms. The monoisotopic (exact) mass is 356 g/mol. The summed E-state index contributed by atoms with van der Waals surface area (Å²) in [5, 5.41) is 0. The van der Waals surface area contributed by atoms with Crippen LogP contribution in [0.2, 0.25) is 0 Å². The maximum absolute atomic E-state index is 13.5. The summed E-state index contributed by atoms with van der Waals surface area (Å²) < 4.78 is 18.9. The van der Waals surface area contributed by atoms with E-state index in [-0.39, 0.29) is 11.7 Å². The average molecular weight is 356 g/mol. The lowest BCUT2D eigenvalue weighted by Crippen LogP contribution is -2.48. The molecule has 4 nitrogen and oxygen atoms in total. The van der Waals surface area contributed by atoms with Crippen molar-refractivity contribution in [2.24, 2.45) is 0 Å². The summed E-state index contributed by atoms with van der Waals surface area (Å²) in [6.45, 7) is 8.28. The van der Waals surface area contributed by atoms with Crippen LogP contribution in [0, 0.1) is 12.7 Å². The van der Waals surface area contributed by atoms with Crippen LogP contribution in [0.3, 0.4) is 0 Å². The van der Waals surface area contributed by atoms with E-state index in [9.17, 15) is 9.18 Å². The summed E-state index contributed by atoms with van der Waals surface area (Å²) in [5.41, 5.74) is 2.51. The SMILES string of the molecule is CCOc1ccc(CN2CCN(C(=O)c3cc(F)ccc3C)CC2)cc1. The first-order chi connectivity index (χ1) is 12.6. The van der Waals surface area contributed by atoms with Crippen molar-refractivity contribution in [2.75, 3.05) is 32.8 Å². The van der Waals surface area contributed by atoms with E-state index in [1.165, 1.54) is 17.7 Å².